The van der Waals surface area contributed by atoms with Gasteiger partial charge in [-0.15, -0.1) is 0 Å². The topological polar surface area (TPSA) is 59.6 Å². The van der Waals surface area contributed by atoms with Crippen molar-refractivity contribution in [3.8, 4) is 22.6 Å². The maximum absolute atomic E-state index is 12.7. The van der Waals surface area contributed by atoms with Gasteiger partial charge in [0.15, 0.2) is 11.5 Å². The van der Waals surface area contributed by atoms with E-state index in [-0.39, 0.29) is 18.7 Å². The molecule has 1 aliphatic heterocycles. The molecule has 0 saturated carbocycles. The fourth-order valence-corrected chi connectivity index (χ4v) is 3.12. The Kier molecular flexibility index (Phi) is 5.26. The van der Waals surface area contributed by atoms with E-state index in [0.717, 1.165) is 33.9 Å². The Labute approximate surface area is 164 Å². The first-order valence-electron chi connectivity index (χ1n) is 9.28. The van der Waals surface area contributed by atoms with E-state index in [2.05, 4.69) is 10.6 Å². The molecule has 1 heterocycles. The van der Waals surface area contributed by atoms with Crippen LogP contribution >= 0.6 is 0 Å². The molecule has 1 unspecified atom stereocenters. The van der Waals surface area contributed by atoms with Crippen LogP contribution in [0.25, 0.3) is 11.1 Å². The lowest BCUT2D eigenvalue weighted by Crippen LogP contribution is -2.37. The summed E-state index contributed by atoms with van der Waals surface area (Å²) in [6, 6.07) is 23.3. The monoisotopic (exact) mass is 374 g/mol. The quantitative estimate of drug-likeness (QED) is 0.679. The van der Waals surface area contributed by atoms with E-state index in [1.165, 1.54) is 0 Å². The maximum atomic E-state index is 12.7. The van der Waals surface area contributed by atoms with Crippen molar-refractivity contribution in [2.45, 2.75) is 19.5 Å². The number of anilines is 1. The van der Waals surface area contributed by atoms with Crippen LogP contribution in [0.2, 0.25) is 0 Å². The summed E-state index contributed by atoms with van der Waals surface area (Å²) in [6.45, 7) is 2.67. The molecule has 0 bridgehead atoms. The van der Waals surface area contributed by atoms with Gasteiger partial charge in [0, 0.05) is 17.8 Å². The van der Waals surface area contributed by atoms with Crippen molar-refractivity contribution < 1.29 is 14.3 Å². The number of amides is 1. The van der Waals surface area contributed by atoms with Gasteiger partial charge in [-0.2, -0.15) is 0 Å². The first kappa shape index (κ1) is 18.1. The summed E-state index contributed by atoms with van der Waals surface area (Å²) < 4.78 is 10.7. The third-order valence-electron chi connectivity index (χ3n) is 4.71. The molecule has 0 radical (unpaired) electrons. The fraction of sp³-hybridized carbons (Fsp3) is 0.174. The second-order valence-corrected chi connectivity index (χ2v) is 6.69. The van der Waals surface area contributed by atoms with Crippen LogP contribution in [-0.2, 0) is 11.3 Å². The molecule has 3 aromatic rings. The van der Waals surface area contributed by atoms with Crippen LogP contribution in [0.1, 0.15) is 12.5 Å². The summed E-state index contributed by atoms with van der Waals surface area (Å²) in [4.78, 5) is 12.7. The van der Waals surface area contributed by atoms with Crippen molar-refractivity contribution >= 4 is 11.6 Å². The third-order valence-corrected chi connectivity index (χ3v) is 4.71. The molecule has 0 aromatic heterocycles. The molecule has 0 aliphatic carbocycles. The summed E-state index contributed by atoms with van der Waals surface area (Å²) in [5.41, 5.74) is 3.91. The average molecular weight is 374 g/mol. The Morgan fingerprint density at radius 1 is 0.964 bits per heavy atom. The van der Waals surface area contributed by atoms with E-state index in [0.29, 0.717) is 6.54 Å². The van der Waals surface area contributed by atoms with E-state index in [1.54, 1.807) is 0 Å². The second kappa shape index (κ2) is 8.15. The lowest BCUT2D eigenvalue weighted by Gasteiger charge is -2.16. The number of rotatable bonds is 6. The summed E-state index contributed by atoms with van der Waals surface area (Å²) in [5.74, 6) is 1.42. The maximum Gasteiger partial charge on any atom is 0.241 e. The van der Waals surface area contributed by atoms with Crippen molar-refractivity contribution in [1.82, 2.24) is 5.32 Å². The average Bonchev–Trinajstić information content (AvgIpc) is 3.21. The zero-order valence-corrected chi connectivity index (χ0v) is 15.6. The van der Waals surface area contributed by atoms with Crippen LogP contribution in [0.15, 0.2) is 72.8 Å². The molecule has 0 fully saturated rings. The Morgan fingerprint density at radius 3 is 2.57 bits per heavy atom. The standard InChI is InChI=1S/C23H22N2O3/c1-16(24-14-17-11-12-21-22(13-17)28-15-27-21)23(26)25-20-10-6-5-9-19(20)18-7-3-2-4-8-18/h2-13,16,24H,14-15H2,1H3,(H,25,26). The Bertz CT molecular complexity index is 973. The van der Waals surface area contributed by atoms with E-state index in [9.17, 15) is 4.79 Å². The van der Waals surface area contributed by atoms with Crippen LogP contribution in [0.5, 0.6) is 11.5 Å². The summed E-state index contributed by atoms with van der Waals surface area (Å²) in [7, 11) is 0. The van der Waals surface area contributed by atoms with Gasteiger partial charge in [0.2, 0.25) is 12.7 Å². The largest absolute Gasteiger partial charge is 0.454 e. The minimum Gasteiger partial charge on any atom is -0.454 e. The molecule has 4 rings (SSSR count). The van der Waals surface area contributed by atoms with E-state index >= 15 is 0 Å². The van der Waals surface area contributed by atoms with Crippen molar-refractivity contribution in [1.29, 1.82) is 0 Å². The van der Waals surface area contributed by atoms with Crippen LogP contribution in [0.4, 0.5) is 5.69 Å². The van der Waals surface area contributed by atoms with Gasteiger partial charge in [-0.1, -0.05) is 54.6 Å². The number of carbonyl (C=O) groups excluding carboxylic acids is 1. The van der Waals surface area contributed by atoms with Gasteiger partial charge in [-0.05, 0) is 36.2 Å². The zero-order valence-electron chi connectivity index (χ0n) is 15.6. The normalized spacial score (nSPS) is 13.2. The number of para-hydroxylation sites is 1. The van der Waals surface area contributed by atoms with Gasteiger partial charge in [0.05, 0.1) is 6.04 Å². The lowest BCUT2D eigenvalue weighted by molar-refractivity contribution is -0.117. The summed E-state index contributed by atoms with van der Waals surface area (Å²) >= 11 is 0. The Balaban J connectivity index is 1.40. The highest BCUT2D eigenvalue weighted by atomic mass is 16.7. The number of hydrogen-bond acceptors (Lipinski definition) is 4. The van der Waals surface area contributed by atoms with E-state index in [1.807, 2.05) is 79.7 Å². The number of nitrogens with one attached hydrogen (secondary N) is 2. The molecule has 1 atom stereocenters. The molecule has 2 N–H and O–H groups in total. The molecule has 3 aromatic carbocycles. The molecule has 5 heteroatoms. The van der Waals surface area contributed by atoms with Crippen LogP contribution in [-0.4, -0.2) is 18.7 Å². The first-order chi connectivity index (χ1) is 13.7. The molecular formula is C23H22N2O3. The minimum absolute atomic E-state index is 0.0795. The first-order valence-corrected chi connectivity index (χ1v) is 9.28. The van der Waals surface area contributed by atoms with Gasteiger partial charge in [-0.3, -0.25) is 4.79 Å². The van der Waals surface area contributed by atoms with Gasteiger partial charge in [-0.25, -0.2) is 0 Å². The van der Waals surface area contributed by atoms with Crippen LogP contribution in [0, 0.1) is 0 Å². The summed E-state index contributed by atoms with van der Waals surface area (Å²) in [6.07, 6.45) is 0. The second-order valence-electron chi connectivity index (χ2n) is 6.69. The van der Waals surface area contributed by atoms with Gasteiger partial charge in [0.25, 0.3) is 0 Å². The molecule has 0 spiro atoms. The molecule has 5 nitrogen and oxygen atoms in total. The highest BCUT2D eigenvalue weighted by Gasteiger charge is 2.16. The Morgan fingerprint density at radius 2 is 1.71 bits per heavy atom. The van der Waals surface area contributed by atoms with Crippen molar-refractivity contribution in [2.24, 2.45) is 0 Å². The van der Waals surface area contributed by atoms with Crippen LogP contribution < -0.4 is 20.1 Å². The highest BCUT2D eigenvalue weighted by Crippen LogP contribution is 2.32. The van der Waals surface area contributed by atoms with Gasteiger partial charge >= 0.3 is 0 Å². The smallest absolute Gasteiger partial charge is 0.241 e. The Hall–Kier alpha value is -3.31. The number of fused-ring (bicyclic) bond motifs is 1. The van der Waals surface area contributed by atoms with Crippen LogP contribution in [0.3, 0.4) is 0 Å². The minimum atomic E-state index is -0.353. The number of hydrogen-bond donors (Lipinski definition) is 2. The molecule has 0 saturated heterocycles. The molecule has 142 valence electrons. The predicted octanol–water partition coefficient (Wildman–Crippen LogP) is 4.20. The SMILES string of the molecule is CC(NCc1ccc2c(c1)OCO2)C(=O)Nc1ccccc1-c1ccccc1. The van der Waals surface area contributed by atoms with Gasteiger partial charge < -0.3 is 20.1 Å². The fourth-order valence-electron chi connectivity index (χ4n) is 3.12. The van der Waals surface area contributed by atoms with E-state index in [4.69, 9.17) is 9.47 Å². The van der Waals surface area contributed by atoms with Gasteiger partial charge in [0.1, 0.15) is 0 Å². The number of carbonyl (C=O) groups is 1. The molecule has 28 heavy (non-hydrogen) atoms. The lowest BCUT2D eigenvalue weighted by atomic mass is 10.0. The van der Waals surface area contributed by atoms with Crippen molar-refractivity contribution in [2.75, 3.05) is 12.1 Å². The molecule has 1 amide bonds. The third kappa shape index (κ3) is 4.00. The zero-order chi connectivity index (χ0) is 19.3. The number of ether oxygens (including phenoxy) is 2. The molecule has 1 aliphatic rings. The van der Waals surface area contributed by atoms with Crippen molar-refractivity contribution in [3.05, 3.63) is 78.4 Å². The van der Waals surface area contributed by atoms with E-state index < -0.39 is 0 Å². The highest BCUT2D eigenvalue weighted by molar-refractivity contribution is 5.98. The summed E-state index contributed by atoms with van der Waals surface area (Å²) in [5, 5.41) is 6.30. The number of benzene rings is 3. The van der Waals surface area contributed by atoms with Crippen molar-refractivity contribution in [3.63, 3.8) is 0 Å². The molecular weight excluding hydrogens is 352 g/mol. The predicted molar refractivity (Wildman–Crippen MR) is 109 cm³/mol.